The zero-order chi connectivity index (χ0) is 30.7. The topological polar surface area (TPSA) is 0 Å². The van der Waals surface area contributed by atoms with Crippen LogP contribution in [0.15, 0.2) is 140 Å². The van der Waals surface area contributed by atoms with Gasteiger partial charge in [-0.3, -0.25) is 0 Å². The van der Waals surface area contributed by atoms with Crippen LogP contribution < -0.4 is 21.2 Å². The van der Waals surface area contributed by atoms with Crippen LogP contribution in [0.1, 0.15) is 58.9 Å². The normalized spacial score (nSPS) is 11.6. The van der Waals surface area contributed by atoms with Gasteiger partial charge in [0.2, 0.25) is 0 Å². The Labute approximate surface area is 282 Å². The Morgan fingerprint density at radius 2 is 0.822 bits per heavy atom. The van der Waals surface area contributed by atoms with Crippen molar-refractivity contribution in [3.05, 3.63) is 145 Å². The average molecular weight is 741 g/mol. The summed E-state index contributed by atoms with van der Waals surface area (Å²) in [7, 11) is 5.27. The van der Waals surface area contributed by atoms with Gasteiger partial charge in [0.15, 0.2) is 0 Å². The summed E-state index contributed by atoms with van der Waals surface area (Å²) < 4.78 is 4.02. The predicted octanol–water partition coefficient (Wildman–Crippen LogP) is 11.3. The maximum absolute atomic E-state index is 7.34. The molecule has 45 heavy (non-hydrogen) atoms. The van der Waals surface area contributed by atoms with Crippen LogP contribution in [-0.2, 0) is 6.42 Å². The number of halogens is 1. The molecule has 5 rings (SSSR count). The molecule has 5 aromatic rings. The van der Waals surface area contributed by atoms with E-state index in [0.29, 0.717) is 0 Å². The van der Waals surface area contributed by atoms with E-state index < -0.39 is 24.5 Å². The molecule has 0 aromatic heterocycles. The second-order valence-corrected chi connectivity index (χ2v) is 31.8. The zero-order valence-corrected chi connectivity index (χ0v) is 31.0. The quantitative estimate of drug-likeness (QED) is 0.0741. The standard InChI is InChI=1S/C33H29P.2C4H9.CH4.ClH.Sn/c1-2-12-27-19-21-28(22-20-27)29-23-25-33(26-24-29)34(30-13-6-3-7-14-30,31-15-8-4-9-16-31)32-17-10-5-11-18-32;2*1-3-4-2;;;/h3-11,13-26H,1-2,12H2;2*1,3-4H2,2H3;1H4;1H;/q+1;;;;;+1/p-1. The van der Waals surface area contributed by atoms with Gasteiger partial charge in [-0.15, -0.1) is 0 Å². The summed E-state index contributed by atoms with van der Waals surface area (Å²) in [5.41, 5.74) is 3.98. The van der Waals surface area contributed by atoms with Gasteiger partial charge in [0.25, 0.3) is 0 Å². The first kappa shape index (κ1) is 35.5. The molecule has 0 spiro atoms. The Bertz CT molecular complexity index is 1430. The average Bonchev–Trinajstić information content (AvgIpc) is 3.09. The van der Waals surface area contributed by atoms with Crippen molar-refractivity contribution in [2.45, 2.75) is 73.1 Å². The predicted molar refractivity (Wildman–Crippen MR) is 208 cm³/mol. The summed E-state index contributed by atoms with van der Waals surface area (Å²) in [6, 6.07) is 52.0. The summed E-state index contributed by atoms with van der Waals surface area (Å²) in [5.74, 6) is 0. The van der Waals surface area contributed by atoms with Gasteiger partial charge < -0.3 is 0 Å². The zero-order valence-electron chi connectivity index (χ0n) is 26.5. The molecule has 0 saturated carbocycles. The summed E-state index contributed by atoms with van der Waals surface area (Å²) in [6.45, 7) is 4.59. The third-order valence-electron chi connectivity index (χ3n) is 9.02. The Kier molecular flexibility index (Phi) is 13.8. The van der Waals surface area contributed by atoms with Gasteiger partial charge in [-0.05, 0) is 36.4 Å². The van der Waals surface area contributed by atoms with Crippen molar-refractivity contribution in [3.8, 4) is 11.1 Å². The molecule has 0 saturated heterocycles. The molecule has 0 aliphatic rings. The maximum atomic E-state index is 7.34. The molecular weight excluding hydrogens is 690 g/mol. The van der Waals surface area contributed by atoms with Gasteiger partial charge in [-0.25, -0.2) is 0 Å². The van der Waals surface area contributed by atoms with E-state index in [2.05, 4.69) is 153 Å². The SMILES string of the molecule is C.CCC[CH2][Sn]([Cl])([CH2]CCC)[CH2]CCc1ccc(-c2ccc([P+](c3ccccc3)(c3ccccc3)c3ccccc3)cc2)cc1. The van der Waals surface area contributed by atoms with Crippen LogP contribution in [0.3, 0.4) is 0 Å². The van der Waals surface area contributed by atoms with Gasteiger partial charge in [-0.1, -0.05) is 62.0 Å². The molecule has 0 atom stereocenters. The van der Waals surface area contributed by atoms with Crippen LogP contribution >= 0.6 is 16.2 Å². The molecule has 0 unspecified atom stereocenters. The van der Waals surface area contributed by atoms with Crippen LogP contribution in [0.25, 0.3) is 11.1 Å². The number of unbranched alkanes of at least 4 members (excludes halogenated alkanes) is 2. The first-order chi connectivity index (χ1) is 21.6. The van der Waals surface area contributed by atoms with E-state index in [1.54, 1.807) is 0 Å². The van der Waals surface area contributed by atoms with E-state index in [1.807, 2.05) is 0 Å². The van der Waals surface area contributed by atoms with Crippen LogP contribution in [0.4, 0.5) is 0 Å². The van der Waals surface area contributed by atoms with Crippen LogP contribution in [0.5, 0.6) is 0 Å². The van der Waals surface area contributed by atoms with Gasteiger partial charge in [0.05, 0.1) is 0 Å². The first-order valence-corrected chi connectivity index (χ1v) is 28.0. The molecule has 0 amide bonds. The molecule has 3 heteroatoms. The summed E-state index contributed by atoms with van der Waals surface area (Å²) in [4.78, 5) is 0. The minimum absolute atomic E-state index is 0. The fourth-order valence-electron chi connectivity index (χ4n) is 6.56. The Morgan fingerprint density at radius 3 is 1.22 bits per heavy atom. The number of rotatable bonds is 15. The summed E-state index contributed by atoms with van der Waals surface area (Å²) >= 11 is -2.45. The molecule has 0 aliphatic carbocycles. The van der Waals surface area contributed by atoms with Crippen molar-refractivity contribution in [2.75, 3.05) is 0 Å². The summed E-state index contributed by atoms with van der Waals surface area (Å²) in [6.07, 6.45) is 7.57. The number of aryl methyl sites for hydroxylation is 1. The van der Waals surface area contributed by atoms with Crippen molar-refractivity contribution >= 4 is 54.7 Å². The summed E-state index contributed by atoms with van der Waals surface area (Å²) in [5, 5.41) is 5.52. The second kappa shape index (κ2) is 17.5. The molecule has 0 heterocycles. The van der Waals surface area contributed by atoms with Crippen LogP contribution in [0.2, 0.25) is 13.3 Å². The molecule has 5 aromatic carbocycles. The van der Waals surface area contributed by atoms with Crippen molar-refractivity contribution in [2.24, 2.45) is 0 Å². The van der Waals surface area contributed by atoms with Crippen LogP contribution in [0, 0.1) is 0 Å². The molecule has 0 fully saturated rings. The van der Waals surface area contributed by atoms with E-state index in [-0.39, 0.29) is 7.43 Å². The van der Waals surface area contributed by atoms with E-state index in [9.17, 15) is 0 Å². The van der Waals surface area contributed by atoms with Gasteiger partial charge >= 0.3 is 170 Å². The third kappa shape index (κ3) is 8.71. The monoisotopic (exact) mass is 741 g/mol. The van der Waals surface area contributed by atoms with E-state index >= 15 is 0 Å². The Hall–Kier alpha value is -2.38. The molecule has 0 N–H and O–H groups in total. The molecular formula is C42H51ClPSn+. The third-order valence-corrected chi connectivity index (χ3v) is 27.8. The van der Waals surface area contributed by atoms with E-state index in [0.717, 1.165) is 6.42 Å². The van der Waals surface area contributed by atoms with Gasteiger partial charge in [0.1, 0.15) is 15.9 Å². The molecule has 234 valence electrons. The molecule has 0 radical (unpaired) electrons. The van der Waals surface area contributed by atoms with Crippen molar-refractivity contribution in [1.29, 1.82) is 0 Å². The molecule has 0 bridgehead atoms. The second-order valence-electron chi connectivity index (χ2n) is 12.1. The molecule has 0 aliphatic heterocycles. The van der Waals surface area contributed by atoms with Crippen LogP contribution in [-0.4, -0.2) is 17.3 Å². The first-order valence-electron chi connectivity index (χ1n) is 16.5. The number of benzene rings is 5. The van der Waals surface area contributed by atoms with E-state index in [4.69, 9.17) is 8.92 Å². The van der Waals surface area contributed by atoms with Gasteiger partial charge in [-0.2, -0.15) is 0 Å². The number of hydrogen-bond donors (Lipinski definition) is 0. The van der Waals surface area contributed by atoms with Gasteiger partial charge in [0, 0.05) is 0 Å². The Balaban J connectivity index is 0.00000461. The van der Waals surface area contributed by atoms with Crippen molar-refractivity contribution in [3.63, 3.8) is 0 Å². The van der Waals surface area contributed by atoms with E-state index in [1.165, 1.54) is 83.3 Å². The minimum atomic E-state index is -2.45. The number of hydrogen-bond acceptors (Lipinski definition) is 0. The van der Waals surface area contributed by atoms with Crippen molar-refractivity contribution < 1.29 is 0 Å². The Morgan fingerprint density at radius 1 is 0.467 bits per heavy atom. The van der Waals surface area contributed by atoms with Crippen molar-refractivity contribution in [1.82, 2.24) is 0 Å². The molecule has 0 nitrogen and oxygen atoms in total. The fraction of sp³-hybridized carbons (Fsp3) is 0.286. The fourth-order valence-corrected chi connectivity index (χ4v) is 23.6.